The highest BCUT2D eigenvalue weighted by Gasteiger charge is 2.37. The van der Waals surface area contributed by atoms with Gasteiger partial charge in [-0.3, -0.25) is 4.90 Å². The predicted molar refractivity (Wildman–Crippen MR) is 81.9 cm³/mol. The normalized spacial score (nSPS) is 29.8. The van der Waals surface area contributed by atoms with E-state index in [1.165, 1.54) is 24.8 Å². The maximum Gasteiger partial charge on any atom is 0.161 e. The average molecular weight is 291 g/mol. The fraction of sp³-hybridized carbons (Fsp3) is 0.647. The molecule has 0 bridgehead atoms. The Morgan fingerprint density at radius 3 is 2.67 bits per heavy atom. The maximum absolute atomic E-state index is 10.2. The van der Waals surface area contributed by atoms with Gasteiger partial charge in [0.2, 0.25) is 0 Å². The molecule has 3 unspecified atom stereocenters. The van der Waals surface area contributed by atoms with Crippen molar-refractivity contribution >= 4 is 0 Å². The Bertz CT molecular complexity index is 491. The van der Waals surface area contributed by atoms with Crippen LogP contribution in [0, 0.1) is 0 Å². The Morgan fingerprint density at radius 1 is 1.10 bits per heavy atom. The Balaban J connectivity index is 1.89. The molecule has 1 N–H and O–H groups in total. The first-order valence-electron chi connectivity index (χ1n) is 7.88. The van der Waals surface area contributed by atoms with E-state index in [9.17, 15) is 5.11 Å². The van der Waals surface area contributed by atoms with E-state index in [1.807, 2.05) is 6.07 Å². The van der Waals surface area contributed by atoms with Crippen LogP contribution in [-0.4, -0.2) is 42.9 Å². The van der Waals surface area contributed by atoms with E-state index in [-0.39, 0.29) is 6.10 Å². The van der Waals surface area contributed by atoms with Gasteiger partial charge in [0.15, 0.2) is 11.5 Å². The summed E-state index contributed by atoms with van der Waals surface area (Å²) in [5, 5.41) is 10.2. The molecule has 21 heavy (non-hydrogen) atoms. The van der Waals surface area contributed by atoms with Crippen LogP contribution >= 0.6 is 0 Å². The first kappa shape index (κ1) is 14.7. The van der Waals surface area contributed by atoms with Gasteiger partial charge in [-0.05, 0) is 49.9 Å². The van der Waals surface area contributed by atoms with Crippen molar-refractivity contribution in [1.82, 2.24) is 4.90 Å². The smallest absolute Gasteiger partial charge is 0.161 e. The Morgan fingerprint density at radius 2 is 1.90 bits per heavy atom. The molecular weight excluding hydrogens is 266 g/mol. The number of aliphatic hydroxyl groups excluding tert-OH is 1. The zero-order valence-electron chi connectivity index (χ0n) is 12.9. The minimum Gasteiger partial charge on any atom is -0.493 e. The first-order valence-corrected chi connectivity index (χ1v) is 7.88. The van der Waals surface area contributed by atoms with Gasteiger partial charge >= 0.3 is 0 Å². The molecule has 116 valence electrons. The number of nitrogens with zero attached hydrogens (tertiary/aromatic N) is 1. The summed E-state index contributed by atoms with van der Waals surface area (Å²) in [5.41, 5.74) is 1.22. The molecule has 1 aromatic carbocycles. The highest BCUT2D eigenvalue weighted by molar-refractivity contribution is 5.44. The van der Waals surface area contributed by atoms with Crippen molar-refractivity contribution in [2.75, 3.05) is 20.8 Å². The lowest BCUT2D eigenvalue weighted by Crippen LogP contribution is -2.48. The second-order valence-corrected chi connectivity index (χ2v) is 6.14. The minimum absolute atomic E-state index is 0.192. The Labute approximate surface area is 126 Å². The molecular formula is C17H25NO3. The van der Waals surface area contributed by atoms with Gasteiger partial charge in [-0.1, -0.05) is 12.5 Å². The van der Waals surface area contributed by atoms with Crippen molar-refractivity contribution in [1.29, 1.82) is 0 Å². The van der Waals surface area contributed by atoms with Crippen LogP contribution in [0.15, 0.2) is 18.2 Å². The second kappa shape index (κ2) is 6.24. The Hall–Kier alpha value is -1.26. The van der Waals surface area contributed by atoms with E-state index in [0.29, 0.717) is 12.1 Å². The molecule has 3 rings (SSSR count). The third-order valence-electron chi connectivity index (χ3n) is 4.90. The second-order valence-electron chi connectivity index (χ2n) is 6.14. The molecule has 2 aliphatic heterocycles. The lowest BCUT2D eigenvalue weighted by molar-refractivity contribution is -0.0180. The largest absolute Gasteiger partial charge is 0.493 e. The van der Waals surface area contributed by atoms with Crippen molar-refractivity contribution in [3.63, 3.8) is 0 Å². The van der Waals surface area contributed by atoms with Gasteiger partial charge in [0, 0.05) is 12.1 Å². The monoisotopic (exact) mass is 291 g/mol. The first-order chi connectivity index (χ1) is 10.2. The summed E-state index contributed by atoms with van der Waals surface area (Å²) >= 11 is 0. The van der Waals surface area contributed by atoms with Crippen LogP contribution < -0.4 is 9.47 Å². The van der Waals surface area contributed by atoms with Crippen molar-refractivity contribution in [3.05, 3.63) is 23.8 Å². The highest BCUT2D eigenvalue weighted by Crippen LogP contribution is 2.40. The van der Waals surface area contributed by atoms with E-state index in [0.717, 1.165) is 30.9 Å². The molecule has 1 aromatic rings. The van der Waals surface area contributed by atoms with Crippen LogP contribution in [0.5, 0.6) is 11.5 Å². The van der Waals surface area contributed by atoms with Gasteiger partial charge in [-0.15, -0.1) is 0 Å². The molecule has 0 spiro atoms. The average Bonchev–Trinajstić information content (AvgIpc) is 2.53. The van der Waals surface area contributed by atoms with E-state index in [4.69, 9.17) is 9.47 Å². The van der Waals surface area contributed by atoms with Crippen molar-refractivity contribution < 1.29 is 14.6 Å². The zero-order chi connectivity index (χ0) is 14.8. The molecule has 0 aromatic heterocycles. The molecule has 3 atom stereocenters. The standard InChI is InChI=1S/C17H25NO3/c1-20-16-7-6-12(9-17(16)21-2)15-11-14(19)10-13-5-3-4-8-18(13)15/h6-7,9,13-15,19H,3-5,8,10-11H2,1-2H3. The third-order valence-corrected chi connectivity index (χ3v) is 4.90. The summed E-state index contributed by atoms with van der Waals surface area (Å²) in [6, 6.07) is 6.95. The molecule has 0 saturated carbocycles. The number of fused-ring (bicyclic) bond motifs is 1. The summed E-state index contributed by atoms with van der Waals surface area (Å²) < 4.78 is 10.7. The van der Waals surface area contributed by atoms with E-state index in [1.54, 1.807) is 14.2 Å². The number of hydrogen-bond acceptors (Lipinski definition) is 4. The van der Waals surface area contributed by atoms with Crippen LogP contribution in [0.1, 0.15) is 43.7 Å². The van der Waals surface area contributed by atoms with Crippen LogP contribution in [0.2, 0.25) is 0 Å². The fourth-order valence-corrected chi connectivity index (χ4v) is 3.88. The maximum atomic E-state index is 10.2. The summed E-state index contributed by atoms with van der Waals surface area (Å²) in [4.78, 5) is 2.58. The van der Waals surface area contributed by atoms with Gasteiger partial charge in [0.05, 0.1) is 20.3 Å². The van der Waals surface area contributed by atoms with Crippen LogP contribution in [-0.2, 0) is 0 Å². The molecule has 4 nitrogen and oxygen atoms in total. The zero-order valence-corrected chi connectivity index (χ0v) is 12.9. The van der Waals surface area contributed by atoms with Gasteiger partial charge in [-0.2, -0.15) is 0 Å². The van der Waals surface area contributed by atoms with E-state index in [2.05, 4.69) is 17.0 Å². The number of benzene rings is 1. The lowest BCUT2D eigenvalue weighted by Gasteiger charge is -2.47. The van der Waals surface area contributed by atoms with Gasteiger partial charge in [0.1, 0.15) is 0 Å². The Kier molecular flexibility index (Phi) is 4.36. The third kappa shape index (κ3) is 2.87. The quantitative estimate of drug-likeness (QED) is 0.930. The van der Waals surface area contributed by atoms with Gasteiger partial charge in [0.25, 0.3) is 0 Å². The summed E-state index contributed by atoms with van der Waals surface area (Å²) in [6.07, 6.45) is 5.29. The highest BCUT2D eigenvalue weighted by atomic mass is 16.5. The number of hydrogen-bond donors (Lipinski definition) is 1. The molecule has 0 radical (unpaired) electrons. The van der Waals surface area contributed by atoms with Crippen LogP contribution in [0.25, 0.3) is 0 Å². The minimum atomic E-state index is -0.192. The topological polar surface area (TPSA) is 41.9 Å². The molecule has 4 heteroatoms. The van der Waals surface area contributed by atoms with Crippen LogP contribution in [0.4, 0.5) is 0 Å². The number of aliphatic hydroxyl groups is 1. The fourth-order valence-electron chi connectivity index (χ4n) is 3.88. The molecule has 0 amide bonds. The SMILES string of the molecule is COc1ccc(C2CC(O)CC3CCCCN32)cc1OC. The predicted octanol–water partition coefficient (Wildman–Crippen LogP) is 2.75. The van der Waals surface area contributed by atoms with Crippen molar-refractivity contribution in [2.24, 2.45) is 0 Å². The summed E-state index contributed by atoms with van der Waals surface area (Å²) in [7, 11) is 3.32. The van der Waals surface area contributed by atoms with Gasteiger partial charge in [-0.25, -0.2) is 0 Å². The molecule has 2 aliphatic rings. The number of methoxy groups -OCH3 is 2. The molecule has 2 heterocycles. The summed E-state index contributed by atoms with van der Waals surface area (Å²) in [5.74, 6) is 1.52. The number of rotatable bonds is 3. The van der Waals surface area contributed by atoms with Gasteiger partial charge < -0.3 is 14.6 Å². The molecule has 2 saturated heterocycles. The number of ether oxygens (including phenoxy) is 2. The van der Waals surface area contributed by atoms with Crippen molar-refractivity contribution in [3.8, 4) is 11.5 Å². The van der Waals surface area contributed by atoms with E-state index >= 15 is 0 Å². The van der Waals surface area contributed by atoms with E-state index < -0.39 is 0 Å². The summed E-state index contributed by atoms with van der Waals surface area (Å²) in [6.45, 7) is 1.14. The molecule has 0 aliphatic carbocycles. The van der Waals surface area contributed by atoms with Crippen molar-refractivity contribution in [2.45, 2.75) is 50.3 Å². The lowest BCUT2D eigenvalue weighted by atomic mass is 9.84. The molecule has 2 fully saturated rings. The van der Waals surface area contributed by atoms with Crippen LogP contribution in [0.3, 0.4) is 0 Å². The number of piperidine rings is 2.